The fourth-order valence-corrected chi connectivity index (χ4v) is 11.5. The highest BCUT2D eigenvalue weighted by Gasteiger charge is 2.52. The number of rotatable bonds is 16. The van der Waals surface area contributed by atoms with E-state index < -0.39 is 102 Å². The van der Waals surface area contributed by atoms with Gasteiger partial charge in [0.2, 0.25) is 0 Å². The molecule has 3 fully saturated rings. The summed E-state index contributed by atoms with van der Waals surface area (Å²) in [5.41, 5.74) is -1.34. The topological polar surface area (TPSA) is 251 Å². The molecule has 0 radical (unpaired) electrons. The van der Waals surface area contributed by atoms with Crippen LogP contribution in [0.3, 0.4) is 0 Å². The molecule has 0 bridgehead atoms. The average molecular weight is 1060 g/mol. The van der Waals surface area contributed by atoms with E-state index in [0.717, 1.165) is 28.1 Å². The molecule has 0 aliphatic carbocycles. The van der Waals surface area contributed by atoms with E-state index in [1.54, 1.807) is 46.2 Å². The summed E-state index contributed by atoms with van der Waals surface area (Å²) in [5.74, 6) is -2.14. The second-order valence-corrected chi connectivity index (χ2v) is 22.8. The average Bonchev–Trinajstić information content (AvgIpc) is 3.83. The van der Waals surface area contributed by atoms with Crippen molar-refractivity contribution in [1.82, 2.24) is 24.8 Å². The number of carbonyl (C=O) groups is 1. The Morgan fingerprint density at radius 2 is 1.52 bits per heavy atom. The molecule has 75 heavy (non-hydrogen) atoms. The van der Waals surface area contributed by atoms with Crippen LogP contribution in [-0.4, -0.2) is 191 Å². The Morgan fingerprint density at radius 3 is 2.15 bits per heavy atom. The summed E-state index contributed by atoms with van der Waals surface area (Å²) < 4.78 is 40.0. The monoisotopic (exact) mass is 1060 g/mol. The van der Waals surface area contributed by atoms with Crippen LogP contribution in [0.15, 0.2) is 54.7 Å². The summed E-state index contributed by atoms with van der Waals surface area (Å²) in [7, 11) is 3.76. The zero-order chi connectivity index (χ0) is 55.2. The zero-order valence-corrected chi connectivity index (χ0v) is 46.4. The normalized spacial score (nSPS) is 37.9. The second-order valence-electron chi connectivity index (χ2n) is 22.8. The summed E-state index contributed by atoms with van der Waals surface area (Å²) in [5, 5.41) is 88.7. The zero-order valence-electron chi connectivity index (χ0n) is 46.4. The number of aliphatic hydroxyl groups excluding tert-OH is 4. The molecule has 0 saturated carbocycles. The maximum Gasteiger partial charge on any atom is 0.311 e. The van der Waals surface area contributed by atoms with Gasteiger partial charge in [-0.3, -0.25) is 9.48 Å². The molecule has 2 aromatic carbocycles. The molecule has 422 valence electrons. The SMILES string of the molecule is CC[C@H]1OC(=O)[C@H](C)[C@@H](O[C@H]2C[C@@](C)(O)[C@@H](O)[C@H](C)O2)[C@H](C)[C@@H](O[C@@H]2O[C@H](C)C[C@H](N(C)CCc3cn(CCCOc4ccc(-c5ccc(CO)cc5)cc4)nn3)[C@H]2O)[C@](C)(O)C[C@@H](C)CN(C)[C@H](C)[C@@H](O)[C@]1(C)O. The van der Waals surface area contributed by atoms with Gasteiger partial charge >= 0.3 is 5.97 Å². The lowest BCUT2D eigenvalue weighted by Crippen LogP contribution is -2.60. The Hall–Kier alpha value is -3.67. The molecular weight excluding hydrogens is 967 g/mol. The molecule has 3 aromatic rings. The number of nitrogens with zero attached hydrogens (tertiary/aromatic N) is 5. The summed E-state index contributed by atoms with van der Waals surface area (Å²) in [6.07, 6.45) is -6.82. The van der Waals surface area contributed by atoms with Crippen LogP contribution in [0.2, 0.25) is 0 Å². The van der Waals surface area contributed by atoms with Crippen LogP contribution >= 0.6 is 0 Å². The molecule has 4 heterocycles. The van der Waals surface area contributed by atoms with Gasteiger partial charge in [-0.15, -0.1) is 5.10 Å². The number of hydrogen-bond acceptors (Lipinski definition) is 18. The van der Waals surface area contributed by atoms with Gasteiger partial charge in [0.05, 0.1) is 60.4 Å². The maximum atomic E-state index is 14.4. The van der Waals surface area contributed by atoms with E-state index in [4.69, 9.17) is 28.4 Å². The van der Waals surface area contributed by atoms with Gasteiger partial charge in [-0.25, -0.2) is 0 Å². The van der Waals surface area contributed by atoms with Crippen LogP contribution in [0.5, 0.6) is 5.75 Å². The molecule has 0 unspecified atom stereocenters. The Bertz CT molecular complexity index is 2230. The molecule has 3 aliphatic heterocycles. The molecule has 7 N–H and O–H groups in total. The number of aromatic nitrogens is 3. The van der Waals surface area contributed by atoms with Crippen LogP contribution < -0.4 is 4.74 Å². The Balaban J connectivity index is 1.16. The van der Waals surface area contributed by atoms with Crippen molar-refractivity contribution >= 4 is 5.97 Å². The smallest absolute Gasteiger partial charge is 0.311 e. The van der Waals surface area contributed by atoms with Gasteiger partial charge in [0.1, 0.15) is 35.8 Å². The highest BCUT2D eigenvalue weighted by atomic mass is 16.7. The number of hydrogen-bond donors (Lipinski definition) is 7. The summed E-state index contributed by atoms with van der Waals surface area (Å²) in [6, 6.07) is 14.7. The van der Waals surface area contributed by atoms with E-state index in [9.17, 15) is 40.5 Å². The van der Waals surface area contributed by atoms with Crippen LogP contribution in [0.4, 0.5) is 0 Å². The fourth-order valence-electron chi connectivity index (χ4n) is 11.5. The van der Waals surface area contributed by atoms with Crippen molar-refractivity contribution in [2.24, 2.45) is 17.8 Å². The minimum atomic E-state index is -1.85. The number of aliphatic hydroxyl groups is 7. The lowest BCUT2D eigenvalue weighted by Gasteiger charge is -2.48. The number of aryl methyl sites for hydroxylation is 1. The van der Waals surface area contributed by atoms with Crippen LogP contribution in [0, 0.1) is 17.8 Å². The standard InChI is InChI=1S/C56H89N5O14/c1-13-45-56(10,69)49(64)37(6)60(12)30-33(2)28-55(9,68)51(35(4)48(36(5)52(66)73-45)74-46-29-54(8,67)50(65)38(7)72-46)75-53-47(63)44(27-34(3)71-53)59(11)25-23-42-31-61(58-57-42)24-14-26-70-43-21-19-41(20-22-43)40-17-15-39(32-62)16-18-40/h15-22,31,33-38,44-51,53,62-65,67-69H,13-14,23-30,32H2,1-12H3/t33-,34-,35+,36-,37-,38+,44+,45-,46+,47-,48+,49-,50+,51-,53+,54-,55-,56-/m1/s1. The molecule has 6 rings (SSSR count). The summed E-state index contributed by atoms with van der Waals surface area (Å²) >= 11 is 0. The van der Waals surface area contributed by atoms with Crippen LogP contribution in [0.25, 0.3) is 11.1 Å². The third-order valence-electron chi connectivity index (χ3n) is 16.1. The van der Waals surface area contributed by atoms with Gasteiger partial charge in [0, 0.05) is 63.1 Å². The minimum Gasteiger partial charge on any atom is -0.494 e. The van der Waals surface area contributed by atoms with E-state index in [-0.39, 0.29) is 37.9 Å². The van der Waals surface area contributed by atoms with E-state index >= 15 is 0 Å². The predicted molar refractivity (Wildman–Crippen MR) is 280 cm³/mol. The van der Waals surface area contributed by atoms with Crippen molar-refractivity contribution in [3.63, 3.8) is 0 Å². The number of cyclic esters (lactones) is 1. The third kappa shape index (κ3) is 15.1. The van der Waals surface area contributed by atoms with Crippen LogP contribution in [-0.2, 0) is 48.1 Å². The molecule has 1 aromatic heterocycles. The number of carbonyl (C=O) groups excluding carboxylic acids is 1. The van der Waals surface area contributed by atoms with Crippen molar-refractivity contribution < 1.29 is 69.0 Å². The first kappa shape index (κ1) is 60.6. The van der Waals surface area contributed by atoms with Crippen molar-refractivity contribution in [2.75, 3.05) is 33.8 Å². The quantitative estimate of drug-likeness (QED) is 0.0789. The first-order valence-corrected chi connectivity index (χ1v) is 27.0. The molecule has 18 atom stereocenters. The highest BCUT2D eigenvalue weighted by molar-refractivity contribution is 5.73. The van der Waals surface area contributed by atoms with E-state index in [2.05, 4.69) is 15.2 Å². The largest absolute Gasteiger partial charge is 0.494 e. The summed E-state index contributed by atoms with van der Waals surface area (Å²) in [6.45, 7) is 19.1. The Labute approximate surface area is 444 Å². The van der Waals surface area contributed by atoms with Gasteiger partial charge in [0.25, 0.3) is 0 Å². The Kier molecular flexibility index (Phi) is 20.9. The van der Waals surface area contributed by atoms with E-state index in [1.165, 1.54) is 13.8 Å². The second kappa shape index (κ2) is 25.9. The van der Waals surface area contributed by atoms with Crippen molar-refractivity contribution in [3.05, 3.63) is 66.0 Å². The molecule has 3 saturated heterocycles. The molecular formula is C56H89N5O14. The molecule has 0 spiro atoms. The number of benzene rings is 2. The first-order chi connectivity index (χ1) is 35.3. The van der Waals surface area contributed by atoms with Gasteiger partial charge < -0.3 is 74.0 Å². The molecule has 0 amide bonds. The minimum absolute atomic E-state index is 0.0115. The lowest BCUT2D eigenvalue weighted by atomic mass is 9.77. The first-order valence-electron chi connectivity index (χ1n) is 27.0. The van der Waals surface area contributed by atoms with Gasteiger partial charge in [-0.1, -0.05) is 62.4 Å². The Morgan fingerprint density at radius 1 is 0.867 bits per heavy atom. The van der Waals surface area contributed by atoms with E-state index in [1.807, 2.05) is 87.6 Å². The molecule has 19 heteroatoms. The fraction of sp³-hybridized carbons (Fsp3) is 0.732. The molecule has 3 aliphatic rings. The number of ether oxygens (including phenoxy) is 6. The van der Waals surface area contributed by atoms with Gasteiger partial charge in [0.15, 0.2) is 12.6 Å². The highest BCUT2D eigenvalue weighted by Crippen LogP contribution is 2.40. The van der Waals surface area contributed by atoms with Gasteiger partial charge in [-0.05, 0) is 117 Å². The maximum absolute atomic E-state index is 14.4. The van der Waals surface area contributed by atoms with Crippen molar-refractivity contribution in [3.8, 4) is 16.9 Å². The number of likely N-dealkylation sites (N-methyl/N-ethyl adjacent to an activating group) is 2. The van der Waals surface area contributed by atoms with Crippen molar-refractivity contribution in [1.29, 1.82) is 0 Å². The predicted octanol–water partition coefficient (Wildman–Crippen LogP) is 4.08. The number of esters is 1. The lowest BCUT2D eigenvalue weighted by molar-refractivity contribution is -0.316. The van der Waals surface area contributed by atoms with E-state index in [0.29, 0.717) is 45.5 Å². The van der Waals surface area contributed by atoms with Crippen LogP contribution in [0.1, 0.15) is 113 Å². The van der Waals surface area contributed by atoms with Crippen molar-refractivity contribution in [2.45, 2.75) is 211 Å². The summed E-state index contributed by atoms with van der Waals surface area (Å²) in [4.78, 5) is 18.4. The molecule has 19 nitrogen and oxygen atoms in total. The third-order valence-corrected chi connectivity index (χ3v) is 16.1. The van der Waals surface area contributed by atoms with Gasteiger partial charge in [-0.2, -0.15) is 0 Å².